The standard InChI is InChI=1S/C12H14N2O2/c1-8(15)7-13-12(16)11-6-9-4-2-3-5-10(9)14-11/h2-6,8,14-15H,7H2,1H3,(H,13,16). The number of rotatable bonds is 3. The molecule has 1 aromatic heterocycles. The number of amides is 1. The second-order valence-electron chi connectivity index (χ2n) is 3.83. The van der Waals surface area contributed by atoms with Crippen LogP contribution in [0.15, 0.2) is 30.3 Å². The number of aliphatic hydroxyl groups excluding tert-OH is 1. The first kappa shape index (κ1) is 10.7. The summed E-state index contributed by atoms with van der Waals surface area (Å²) in [5, 5.41) is 12.7. The van der Waals surface area contributed by atoms with Crippen molar-refractivity contribution in [1.82, 2.24) is 10.3 Å². The number of aliphatic hydroxyl groups is 1. The molecule has 2 rings (SSSR count). The van der Waals surface area contributed by atoms with Gasteiger partial charge in [-0.2, -0.15) is 0 Å². The minimum absolute atomic E-state index is 0.197. The Morgan fingerprint density at radius 3 is 2.94 bits per heavy atom. The van der Waals surface area contributed by atoms with E-state index in [1.165, 1.54) is 0 Å². The zero-order chi connectivity index (χ0) is 11.5. The van der Waals surface area contributed by atoms with E-state index in [4.69, 9.17) is 5.11 Å². The molecule has 2 aromatic rings. The number of hydrogen-bond donors (Lipinski definition) is 3. The van der Waals surface area contributed by atoms with Gasteiger partial charge in [-0.1, -0.05) is 18.2 Å². The maximum atomic E-state index is 11.7. The summed E-state index contributed by atoms with van der Waals surface area (Å²) in [6.07, 6.45) is -0.534. The lowest BCUT2D eigenvalue weighted by atomic mass is 10.2. The first-order chi connectivity index (χ1) is 7.66. The first-order valence-corrected chi connectivity index (χ1v) is 5.21. The normalized spacial score (nSPS) is 12.6. The number of aromatic nitrogens is 1. The summed E-state index contributed by atoms with van der Waals surface area (Å²) in [5.41, 5.74) is 1.45. The molecule has 0 spiro atoms. The lowest BCUT2D eigenvalue weighted by molar-refractivity contribution is 0.0920. The highest BCUT2D eigenvalue weighted by atomic mass is 16.3. The van der Waals surface area contributed by atoms with Crippen LogP contribution in [-0.4, -0.2) is 28.6 Å². The SMILES string of the molecule is CC(O)CNC(=O)c1cc2ccccc2[nH]1. The van der Waals surface area contributed by atoms with Gasteiger partial charge in [-0.25, -0.2) is 0 Å². The van der Waals surface area contributed by atoms with Crippen molar-refractivity contribution in [3.8, 4) is 0 Å². The number of nitrogens with one attached hydrogen (secondary N) is 2. The third-order valence-electron chi connectivity index (χ3n) is 2.33. The van der Waals surface area contributed by atoms with E-state index in [9.17, 15) is 4.79 Å². The van der Waals surface area contributed by atoms with E-state index < -0.39 is 6.10 Å². The van der Waals surface area contributed by atoms with Gasteiger partial charge in [-0.15, -0.1) is 0 Å². The average Bonchev–Trinajstić information content (AvgIpc) is 2.69. The highest BCUT2D eigenvalue weighted by Crippen LogP contribution is 2.14. The summed E-state index contributed by atoms with van der Waals surface area (Å²) in [7, 11) is 0. The molecule has 1 unspecified atom stereocenters. The minimum Gasteiger partial charge on any atom is -0.392 e. The molecular formula is C12H14N2O2. The highest BCUT2D eigenvalue weighted by Gasteiger charge is 2.09. The zero-order valence-electron chi connectivity index (χ0n) is 9.03. The van der Waals surface area contributed by atoms with Crippen molar-refractivity contribution in [1.29, 1.82) is 0 Å². The van der Waals surface area contributed by atoms with Crippen LogP contribution in [0.2, 0.25) is 0 Å². The molecule has 1 amide bonds. The predicted octanol–water partition coefficient (Wildman–Crippen LogP) is 1.28. The summed E-state index contributed by atoms with van der Waals surface area (Å²) >= 11 is 0. The average molecular weight is 218 g/mol. The van der Waals surface area contributed by atoms with Gasteiger partial charge in [0.2, 0.25) is 0 Å². The lowest BCUT2D eigenvalue weighted by Gasteiger charge is -2.05. The molecule has 0 saturated heterocycles. The molecule has 16 heavy (non-hydrogen) atoms. The number of hydrogen-bond acceptors (Lipinski definition) is 2. The van der Waals surface area contributed by atoms with E-state index in [0.717, 1.165) is 10.9 Å². The highest BCUT2D eigenvalue weighted by molar-refractivity contribution is 5.97. The molecule has 1 heterocycles. The smallest absolute Gasteiger partial charge is 0.267 e. The monoisotopic (exact) mass is 218 g/mol. The van der Waals surface area contributed by atoms with E-state index in [1.54, 1.807) is 13.0 Å². The second-order valence-corrected chi connectivity index (χ2v) is 3.83. The van der Waals surface area contributed by atoms with Crippen molar-refractivity contribution in [3.63, 3.8) is 0 Å². The maximum Gasteiger partial charge on any atom is 0.267 e. The molecule has 4 nitrogen and oxygen atoms in total. The number of H-pyrrole nitrogens is 1. The Kier molecular flexibility index (Phi) is 2.92. The van der Waals surface area contributed by atoms with Crippen LogP contribution in [-0.2, 0) is 0 Å². The Morgan fingerprint density at radius 1 is 1.50 bits per heavy atom. The maximum absolute atomic E-state index is 11.7. The Bertz CT molecular complexity index is 469. The van der Waals surface area contributed by atoms with E-state index in [-0.39, 0.29) is 12.5 Å². The minimum atomic E-state index is -0.534. The van der Waals surface area contributed by atoms with Gasteiger partial charge < -0.3 is 15.4 Å². The summed E-state index contributed by atoms with van der Waals surface area (Å²) in [4.78, 5) is 14.7. The molecular weight excluding hydrogens is 204 g/mol. The van der Waals surface area contributed by atoms with Crippen LogP contribution in [0.1, 0.15) is 17.4 Å². The summed E-state index contributed by atoms with van der Waals surface area (Å²) in [5.74, 6) is -0.197. The van der Waals surface area contributed by atoms with Crippen LogP contribution in [0.5, 0.6) is 0 Å². The topological polar surface area (TPSA) is 65.1 Å². The molecule has 0 aliphatic carbocycles. The van der Waals surface area contributed by atoms with Gasteiger partial charge >= 0.3 is 0 Å². The molecule has 1 aromatic carbocycles. The molecule has 0 aliphatic heterocycles. The summed E-state index contributed by atoms with van der Waals surface area (Å²) in [6.45, 7) is 1.89. The first-order valence-electron chi connectivity index (χ1n) is 5.21. The van der Waals surface area contributed by atoms with Crippen molar-refractivity contribution >= 4 is 16.8 Å². The Balaban J connectivity index is 2.17. The van der Waals surface area contributed by atoms with Crippen LogP contribution in [0.25, 0.3) is 10.9 Å². The van der Waals surface area contributed by atoms with Crippen LogP contribution < -0.4 is 5.32 Å². The largest absolute Gasteiger partial charge is 0.392 e. The van der Waals surface area contributed by atoms with Gasteiger partial charge in [-0.05, 0) is 19.1 Å². The fourth-order valence-electron chi connectivity index (χ4n) is 1.53. The van der Waals surface area contributed by atoms with Crippen molar-refractivity contribution < 1.29 is 9.90 Å². The Hall–Kier alpha value is -1.81. The molecule has 4 heteroatoms. The fraction of sp³-hybridized carbons (Fsp3) is 0.250. The van der Waals surface area contributed by atoms with Gasteiger partial charge in [-0.3, -0.25) is 4.79 Å². The quantitative estimate of drug-likeness (QED) is 0.726. The number of para-hydroxylation sites is 1. The molecule has 3 N–H and O–H groups in total. The molecule has 1 atom stereocenters. The van der Waals surface area contributed by atoms with Crippen molar-refractivity contribution in [3.05, 3.63) is 36.0 Å². The Morgan fingerprint density at radius 2 is 2.25 bits per heavy atom. The van der Waals surface area contributed by atoms with Crippen LogP contribution in [0.3, 0.4) is 0 Å². The van der Waals surface area contributed by atoms with Crippen molar-refractivity contribution in [2.75, 3.05) is 6.54 Å². The molecule has 0 saturated carbocycles. The van der Waals surface area contributed by atoms with E-state index in [1.807, 2.05) is 24.3 Å². The van der Waals surface area contributed by atoms with Crippen LogP contribution in [0.4, 0.5) is 0 Å². The van der Waals surface area contributed by atoms with Gasteiger partial charge in [0.1, 0.15) is 5.69 Å². The number of carbonyl (C=O) groups excluding carboxylic acids is 1. The van der Waals surface area contributed by atoms with Gasteiger partial charge in [0.25, 0.3) is 5.91 Å². The van der Waals surface area contributed by atoms with Crippen molar-refractivity contribution in [2.24, 2.45) is 0 Å². The molecule has 0 aliphatic rings. The zero-order valence-corrected chi connectivity index (χ0v) is 9.03. The van der Waals surface area contributed by atoms with Crippen LogP contribution >= 0.6 is 0 Å². The lowest BCUT2D eigenvalue weighted by Crippen LogP contribution is -2.30. The van der Waals surface area contributed by atoms with Gasteiger partial charge in [0.15, 0.2) is 0 Å². The van der Waals surface area contributed by atoms with Gasteiger partial charge in [0.05, 0.1) is 6.10 Å². The number of carbonyl (C=O) groups is 1. The number of fused-ring (bicyclic) bond motifs is 1. The predicted molar refractivity (Wildman–Crippen MR) is 62.3 cm³/mol. The molecule has 84 valence electrons. The van der Waals surface area contributed by atoms with E-state index in [2.05, 4.69) is 10.3 Å². The number of benzene rings is 1. The second kappa shape index (κ2) is 4.37. The number of aromatic amines is 1. The van der Waals surface area contributed by atoms with Gasteiger partial charge in [0, 0.05) is 17.4 Å². The molecule has 0 radical (unpaired) electrons. The van der Waals surface area contributed by atoms with Crippen molar-refractivity contribution in [2.45, 2.75) is 13.0 Å². The Labute approximate surface area is 93.3 Å². The van der Waals surface area contributed by atoms with E-state index >= 15 is 0 Å². The van der Waals surface area contributed by atoms with E-state index in [0.29, 0.717) is 5.69 Å². The molecule has 0 bridgehead atoms. The van der Waals surface area contributed by atoms with Crippen LogP contribution in [0, 0.1) is 0 Å². The summed E-state index contributed by atoms with van der Waals surface area (Å²) in [6, 6.07) is 9.49. The summed E-state index contributed by atoms with van der Waals surface area (Å²) < 4.78 is 0. The third kappa shape index (κ3) is 2.23. The fourth-order valence-corrected chi connectivity index (χ4v) is 1.53. The molecule has 0 fully saturated rings. The third-order valence-corrected chi connectivity index (χ3v) is 2.33.